The van der Waals surface area contributed by atoms with Crippen molar-refractivity contribution in [3.05, 3.63) is 23.8 Å². The van der Waals surface area contributed by atoms with Gasteiger partial charge in [0.05, 0.1) is 26.4 Å². The predicted octanol–water partition coefficient (Wildman–Crippen LogP) is 1.86. The van der Waals surface area contributed by atoms with Crippen LogP contribution in [0.15, 0.2) is 18.2 Å². The van der Waals surface area contributed by atoms with Crippen LogP contribution in [-0.4, -0.2) is 48.8 Å². The zero-order chi connectivity index (χ0) is 18.0. The van der Waals surface area contributed by atoms with Gasteiger partial charge in [-0.3, -0.25) is 9.69 Å². The van der Waals surface area contributed by atoms with Gasteiger partial charge in [-0.15, -0.1) is 0 Å². The van der Waals surface area contributed by atoms with Crippen molar-refractivity contribution in [3.63, 3.8) is 0 Å². The summed E-state index contributed by atoms with van der Waals surface area (Å²) in [6.45, 7) is 0.862. The maximum atomic E-state index is 11.6. The molecule has 1 aliphatic carbocycles. The van der Waals surface area contributed by atoms with Gasteiger partial charge in [-0.2, -0.15) is 0 Å². The summed E-state index contributed by atoms with van der Waals surface area (Å²) >= 11 is 0. The van der Waals surface area contributed by atoms with Crippen LogP contribution in [0.25, 0.3) is 0 Å². The Morgan fingerprint density at radius 2 is 2.04 bits per heavy atom. The minimum Gasteiger partial charge on any atom is -0.493 e. The monoisotopic (exact) mass is 348 g/mol. The Kier molecular flexibility index (Phi) is 5.20. The number of likely N-dealkylation sites (tertiary alicyclic amines) is 1. The number of ether oxygens (including phenoxy) is 2. The van der Waals surface area contributed by atoms with Crippen LogP contribution in [-0.2, 0) is 4.79 Å². The number of hydrogen-bond donors (Lipinski definition) is 2. The van der Waals surface area contributed by atoms with E-state index in [2.05, 4.69) is 4.90 Å². The van der Waals surface area contributed by atoms with Crippen molar-refractivity contribution in [2.45, 2.75) is 43.7 Å². The summed E-state index contributed by atoms with van der Waals surface area (Å²) in [6, 6.07) is 5.79. The lowest BCUT2D eigenvalue weighted by Crippen LogP contribution is -2.56. The first-order valence-corrected chi connectivity index (χ1v) is 8.95. The van der Waals surface area contributed by atoms with Crippen LogP contribution in [0.5, 0.6) is 11.5 Å². The summed E-state index contributed by atoms with van der Waals surface area (Å²) in [5.41, 5.74) is 5.85. The first-order valence-electron chi connectivity index (χ1n) is 8.95. The van der Waals surface area contributed by atoms with Gasteiger partial charge in [-0.25, -0.2) is 0 Å². The van der Waals surface area contributed by atoms with Gasteiger partial charge in [0.25, 0.3) is 0 Å². The number of nitrogens with zero attached hydrogens (tertiary/aromatic N) is 1. The molecule has 1 saturated carbocycles. The molecule has 1 aliphatic heterocycles. The van der Waals surface area contributed by atoms with E-state index in [-0.39, 0.29) is 24.4 Å². The SMILES string of the molecule is COc1ccc([C@H]2[C@@H]3CCCC[C@]3(O)CCN2CC(N)=O)cc1OC. The second kappa shape index (κ2) is 7.22. The number of piperidine rings is 1. The van der Waals surface area contributed by atoms with Crippen molar-refractivity contribution in [1.29, 1.82) is 0 Å². The van der Waals surface area contributed by atoms with Crippen LogP contribution in [0.3, 0.4) is 0 Å². The second-order valence-corrected chi connectivity index (χ2v) is 7.20. The van der Waals surface area contributed by atoms with E-state index in [1.807, 2.05) is 18.2 Å². The number of hydrogen-bond acceptors (Lipinski definition) is 5. The third-order valence-corrected chi connectivity index (χ3v) is 5.78. The molecule has 0 spiro atoms. The van der Waals surface area contributed by atoms with E-state index in [0.29, 0.717) is 24.5 Å². The smallest absolute Gasteiger partial charge is 0.231 e. The molecule has 1 heterocycles. The van der Waals surface area contributed by atoms with Gasteiger partial charge in [0.2, 0.25) is 5.91 Å². The van der Waals surface area contributed by atoms with Crippen LogP contribution in [0, 0.1) is 5.92 Å². The van der Waals surface area contributed by atoms with Gasteiger partial charge in [-0.05, 0) is 37.0 Å². The number of rotatable bonds is 5. The van der Waals surface area contributed by atoms with Crippen LogP contribution >= 0.6 is 0 Å². The van der Waals surface area contributed by atoms with E-state index in [1.54, 1.807) is 14.2 Å². The van der Waals surface area contributed by atoms with Crippen LogP contribution in [0.4, 0.5) is 0 Å². The third-order valence-electron chi connectivity index (χ3n) is 5.78. The van der Waals surface area contributed by atoms with Crippen molar-refractivity contribution >= 4 is 5.91 Å². The number of methoxy groups -OCH3 is 2. The van der Waals surface area contributed by atoms with E-state index >= 15 is 0 Å². The van der Waals surface area contributed by atoms with Gasteiger partial charge >= 0.3 is 0 Å². The minimum absolute atomic E-state index is 0.0497. The molecule has 138 valence electrons. The molecule has 0 aromatic heterocycles. The molecule has 0 radical (unpaired) electrons. The number of fused-ring (bicyclic) bond motifs is 1. The normalized spacial score (nSPS) is 29.7. The summed E-state index contributed by atoms with van der Waals surface area (Å²) < 4.78 is 10.8. The van der Waals surface area contributed by atoms with Crippen LogP contribution in [0.1, 0.15) is 43.7 Å². The molecule has 25 heavy (non-hydrogen) atoms. The quantitative estimate of drug-likeness (QED) is 0.848. The highest BCUT2D eigenvalue weighted by atomic mass is 16.5. The lowest BCUT2D eigenvalue weighted by Gasteiger charge is -2.52. The molecule has 6 nitrogen and oxygen atoms in total. The van der Waals surface area contributed by atoms with E-state index in [1.165, 1.54) is 0 Å². The van der Waals surface area contributed by atoms with Crippen molar-refractivity contribution in [1.82, 2.24) is 4.90 Å². The minimum atomic E-state index is -0.662. The number of benzene rings is 1. The lowest BCUT2D eigenvalue weighted by molar-refractivity contribution is -0.136. The average molecular weight is 348 g/mol. The molecule has 6 heteroatoms. The molecule has 1 saturated heterocycles. The van der Waals surface area contributed by atoms with Gasteiger partial charge in [-0.1, -0.05) is 18.9 Å². The maximum absolute atomic E-state index is 11.6. The molecule has 2 fully saturated rings. The Labute approximate surface area is 148 Å². The van der Waals surface area contributed by atoms with Crippen molar-refractivity contribution in [2.24, 2.45) is 11.7 Å². The van der Waals surface area contributed by atoms with E-state index in [4.69, 9.17) is 15.2 Å². The van der Waals surface area contributed by atoms with Gasteiger partial charge in [0.1, 0.15) is 0 Å². The fourth-order valence-corrected chi connectivity index (χ4v) is 4.60. The number of amides is 1. The Bertz CT molecular complexity index is 636. The standard InChI is InChI=1S/C19H28N2O4/c1-24-15-7-6-13(11-16(15)25-2)18-14-5-3-4-8-19(14,23)9-10-21(18)12-17(20)22/h6-7,11,14,18,23H,3-5,8-10,12H2,1-2H3,(H2,20,22)/t14-,18-,19-/m0/s1. The van der Waals surface area contributed by atoms with Crippen molar-refractivity contribution in [3.8, 4) is 11.5 Å². The Balaban J connectivity index is 2.01. The molecular formula is C19H28N2O4. The predicted molar refractivity (Wildman–Crippen MR) is 94.6 cm³/mol. The summed E-state index contributed by atoms with van der Waals surface area (Å²) in [5.74, 6) is 1.07. The summed E-state index contributed by atoms with van der Waals surface area (Å²) in [7, 11) is 3.22. The summed E-state index contributed by atoms with van der Waals surface area (Å²) in [4.78, 5) is 13.7. The van der Waals surface area contributed by atoms with E-state index < -0.39 is 5.60 Å². The first-order chi connectivity index (χ1) is 12.0. The molecule has 3 atom stereocenters. The molecule has 0 bridgehead atoms. The molecule has 2 aliphatic rings. The zero-order valence-corrected chi connectivity index (χ0v) is 15.0. The number of primary amides is 1. The highest BCUT2D eigenvalue weighted by Crippen LogP contribution is 2.49. The van der Waals surface area contributed by atoms with Crippen molar-refractivity contribution < 1.29 is 19.4 Å². The first kappa shape index (κ1) is 18.0. The van der Waals surface area contributed by atoms with Gasteiger partial charge in [0, 0.05) is 18.5 Å². The number of carbonyl (C=O) groups excluding carboxylic acids is 1. The Hall–Kier alpha value is -1.79. The summed E-state index contributed by atoms with van der Waals surface area (Å²) in [6.07, 6.45) is 4.62. The third kappa shape index (κ3) is 3.46. The fourth-order valence-electron chi connectivity index (χ4n) is 4.60. The van der Waals surface area contributed by atoms with E-state index in [9.17, 15) is 9.90 Å². The highest BCUT2D eigenvalue weighted by Gasteiger charge is 2.49. The maximum Gasteiger partial charge on any atom is 0.231 e. The number of nitrogens with two attached hydrogens (primary N) is 1. The number of aliphatic hydroxyl groups is 1. The topological polar surface area (TPSA) is 85.0 Å². The molecular weight excluding hydrogens is 320 g/mol. The highest BCUT2D eigenvalue weighted by molar-refractivity contribution is 5.76. The number of carbonyl (C=O) groups is 1. The molecule has 3 N–H and O–H groups in total. The molecule has 1 amide bonds. The Morgan fingerprint density at radius 1 is 1.28 bits per heavy atom. The van der Waals surface area contributed by atoms with Crippen molar-refractivity contribution in [2.75, 3.05) is 27.3 Å². The molecule has 1 aromatic carbocycles. The molecule has 1 aromatic rings. The Morgan fingerprint density at radius 3 is 2.72 bits per heavy atom. The second-order valence-electron chi connectivity index (χ2n) is 7.20. The van der Waals surface area contributed by atoms with Gasteiger partial charge < -0.3 is 20.3 Å². The van der Waals surface area contributed by atoms with Crippen LogP contribution < -0.4 is 15.2 Å². The van der Waals surface area contributed by atoms with E-state index in [0.717, 1.165) is 31.2 Å². The average Bonchev–Trinajstić information content (AvgIpc) is 2.60. The molecule has 0 unspecified atom stereocenters. The van der Waals surface area contributed by atoms with Crippen LogP contribution in [0.2, 0.25) is 0 Å². The largest absolute Gasteiger partial charge is 0.493 e. The lowest BCUT2D eigenvalue weighted by atomic mass is 9.66. The zero-order valence-electron chi connectivity index (χ0n) is 15.0. The van der Waals surface area contributed by atoms with Gasteiger partial charge in [0.15, 0.2) is 11.5 Å². The molecule has 3 rings (SSSR count). The summed E-state index contributed by atoms with van der Waals surface area (Å²) in [5, 5.41) is 11.2. The fraction of sp³-hybridized carbons (Fsp3) is 0.632.